The summed E-state index contributed by atoms with van der Waals surface area (Å²) < 4.78 is 19.2. The van der Waals surface area contributed by atoms with Crippen molar-refractivity contribution in [3.8, 4) is 5.75 Å². The Morgan fingerprint density at radius 1 is 0.938 bits per heavy atom. The van der Waals surface area contributed by atoms with E-state index < -0.39 is 17.4 Å². The van der Waals surface area contributed by atoms with Crippen LogP contribution in [0.4, 0.5) is 0 Å². The van der Waals surface area contributed by atoms with Gasteiger partial charge >= 0.3 is 5.97 Å². The van der Waals surface area contributed by atoms with Crippen LogP contribution in [-0.4, -0.2) is 36.5 Å². The van der Waals surface area contributed by atoms with Crippen LogP contribution in [0.1, 0.15) is 126 Å². The van der Waals surface area contributed by atoms with Crippen molar-refractivity contribution < 1.29 is 18.4 Å². The molecule has 0 saturated heterocycles. The molecule has 0 unspecified atom stereocenters. The van der Waals surface area contributed by atoms with E-state index >= 15 is 0 Å². The minimum Gasteiger partial charge on any atom is -0.547 e. The average molecular weight is 689 g/mol. The summed E-state index contributed by atoms with van der Waals surface area (Å²) in [6.07, 6.45) is 12.5. The molecule has 0 spiro atoms. The van der Waals surface area contributed by atoms with Gasteiger partial charge in [0, 0.05) is 11.0 Å². The van der Waals surface area contributed by atoms with Crippen molar-refractivity contribution in [2.45, 2.75) is 142 Å². The molecule has 4 fully saturated rings. The van der Waals surface area contributed by atoms with Crippen molar-refractivity contribution in [2.24, 2.45) is 17.8 Å². The Balaban J connectivity index is 1.52. The lowest BCUT2D eigenvalue weighted by atomic mass is 9.47. The molecule has 0 radical (unpaired) electrons. The summed E-state index contributed by atoms with van der Waals surface area (Å²) in [6, 6.07) is 12.7. The molecule has 0 heterocycles. The van der Waals surface area contributed by atoms with Crippen LogP contribution in [0.2, 0.25) is 31.2 Å². The Morgan fingerprint density at radius 2 is 1.54 bits per heavy atom. The highest BCUT2D eigenvalue weighted by Crippen LogP contribution is 2.63. The Bertz CT molecular complexity index is 1450. The fraction of sp³-hybridized carbons (Fsp3) is 0.643. The molecule has 4 aliphatic carbocycles. The second-order valence-electron chi connectivity index (χ2n) is 18.2. The van der Waals surface area contributed by atoms with Gasteiger partial charge in [-0.3, -0.25) is 0 Å². The Kier molecular flexibility index (Phi) is 11.0. The average Bonchev–Trinajstić information content (AvgIpc) is 2.97. The predicted octanol–water partition coefficient (Wildman–Crippen LogP) is 11.0. The number of allylic oxidation sites excluding steroid dienone is 1. The summed E-state index contributed by atoms with van der Waals surface area (Å²) in [6.45, 7) is 26.0. The molecule has 6 heteroatoms. The van der Waals surface area contributed by atoms with Crippen molar-refractivity contribution in [3.63, 3.8) is 0 Å². The molecular weight excluding hydrogens is 625 g/mol. The number of hydrogen-bond acceptors (Lipinski definition) is 4. The first kappa shape index (κ1) is 37.1. The first-order chi connectivity index (χ1) is 22.4. The van der Waals surface area contributed by atoms with Crippen LogP contribution in [0.25, 0.3) is 5.57 Å². The number of benzene rings is 2. The van der Waals surface area contributed by atoms with E-state index in [-0.39, 0.29) is 21.8 Å². The van der Waals surface area contributed by atoms with Gasteiger partial charge in [0.1, 0.15) is 5.75 Å². The molecule has 2 aromatic carbocycles. The SMILES string of the molecule is CCOC(=O)c1cccc(C(=CCCc2ccc(C(C)(C)C)c(C34CC5CC(CC(C5)C3)C4)c2O[SiH](C)C)CO[Si](C)(C)C(C)(C)C)c1. The van der Waals surface area contributed by atoms with Crippen LogP contribution in [0.5, 0.6) is 5.75 Å². The lowest BCUT2D eigenvalue weighted by molar-refractivity contribution is -0.00662. The first-order valence-corrected chi connectivity index (χ1v) is 24.6. The Morgan fingerprint density at radius 3 is 2.08 bits per heavy atom. The van der Waals surface area contributed by atoms with E-state index in [0.29, 0.717) is 18.8 Å². The van der Waals surface area contributed by atoms with E-state index in [9.17, 15) is 4.79 Å². The summed E-state index contributed by atoms with van der Waals surface area (Å²) in [5.74, 6) is 3.61. The third-order valence-corrected chi connectivity index (χ3v) is 17.1. The Hall–Kier alpha value is -2.16. The lowest BCUT2D eigenvalue weighted by Crippen LogP contribution is -2.49. The number of carbonyl (C=O) groups excluding carboxylic acids is 1. The molecule has 4 aliphatic rings. The summed E-state index contributed by atoms with van der Waals surface area (Å²) in [4.78, 5) is 12.7. The highest BCUT2D eigenvalue weighted by Gasteiger charge is 2.54. The minimum absolute atomic E-state index is 0.0614. The maximum absolute atomic E-state index is 12.7. The molecule has 4 nitrogen and oxygen atoms in total. The zero-order valence-electron chi connectivity index (χ0n) is 32.1. The van der Waals surface area contributed by atoms with E-state index in [0.717, 1.165) is 41.7 Å². The van der Waals surface area contributed by atoms with Crippen LogP contribution in [0, 0.1) is 17.8 Å². The second-order valence-corrected chi connectivity index (χ2v) is 25.4. The molecular formula is C42H64O4Si2. The molecule has 4 saturated carbocycles. The third kappa shape index (κ3) is 8.07. The van der Waals surface area contributed by atoms with Crippen molar-refractivity contribution in [3.05, 3.63) is 70.3 Å². The zero-order chi connectivity index (χ0) is 35.1. The van der Waals surface area contributed by atoms with Crippen molar-refractivity contribution >= 4 is 28.9 Å². The smallest absolute Gasteiger partial charge is 0.338 e. The monoisotopic (exact) mass is 688 g/mol. The van der Waals surface area contributed by atoms with Crippen LogP contribution >= 0.6 is 0 Å². The van der Waals surface area contributed by atoms with Gasteiger partial charge in [-0.2, -0.15) is 0 Å². The minimum atomic E-state index is -1.99. The van der Waals surface area contributed by atoms with E-state index in [1.807, 2.05) is 25.1 Å². The van der Waals surface area contributed by atoms with Gasteiger partial charge in [-0.25, -0.2) is 4.79 Å². The predicted molar refractivity (Wildman–Crippen MR) is 206 cm³/mol. The number of rotatable bonds is 12. The van der Waals surface area contributed by atoms with Crippen molar-refractivity contribution in [1.29, 1.82) is 0 Å². The molecule has 4 bridgehead atoms. The topological polar surface area (TPSA) is 44.8 Å². The first-order valence-electron chi connectivity index (χ1n) is 18.9. The molecule has 0 aromatic heterocycles. The van der Waals surface area contributed by atoms with Gasteiger partial charge in [0.15, 0.2) is 8.32 Å². The Labute approximate surface area is 295 Å². The molecule has 2 aromatic rings. The summed E-state index contributed by atoms with van der Waals surface area (Å²) >= 11 is 0. The van der Waals surface area contributed by atoms with Gasteiger partial charge in [-0.15, -0.1) is 0 Å². The third-order valence-electron chi connectivity index (χ3n) is 11.9. The van der Waals surface area contributed by atoms with Crippen LogP contribution in [-0.2, 0) is 26.4 Å². The maximum Gasteiger partial charge on any atom is 0.338 e. The van der Waals surface area contributed by atoms with Gasteiger partial charge in [-0.05, 0) is 147 Å². The van der Waals surface area contributed by atoms with Gasteiger partial charge in [0.25, 0.3) is 0 Å². The van der Waals surface area contributed by atoms with Gasteiger partial charge < -0.3 is 13.6 Å². The molecule has 0 aliphatic heterocycles. The lowest BCUT2D eigenvalue weighted by Gasteiger charge is -2.58. The summed E-state index contributed by atoms with van der Waals surface area (Å²) in [7, 11) is -3.36. The highest BCUT2D eigenvalue weighted by molar-refractivity contribution is 6.74. The molecule has 6 rings (SSSR count). The van der Waals surface area contributed by atoms with Gasteiger partial charge in [0.2, 0.25) is 9.04 Å². The molecule has 264 valence electrons. The van der Waals surface area contributed by atoms with Crippen LogP contribution in [0.15, 0.2) is 42.5 Å². The molecule has 48 heavy (non-hydrogen) atoms. The van der Waals surface area contributed by atoms with Crippen molar-refractivity contribution in [1.82, 2.24) is 0 Å². The summed E-state index contributed by atoms with van der Waals surface area (Å²) in [5, 5.41) is 0.111. The zero-order valence-corrected chi connectivity index (χ0v) is 34.2. The number of esters is 1. The van der Waals surface area contributed by atoms with Crippen LogP contribution < -0.4 is 4.43 Å². The quantitative estimate of drug-likeness (QED) is 0.164. The number of hydrogen-bond donors (Lipinski definition) is 0. The normalized spacial score (nSPS) is 24.3. The van der Waals surface area contributed by atoms with Gasteiger partial charge in [0.05, 0.1) is 18.8 Å². The van der Waals surface area contributed by atoms with Crippen molar-refractivity contribution in [2.75, 3.05) is 13.2 Å². The second kappa shape index (κ2) is 14.2. The fourth-order valence-electron chi connectivity index (χ4n) is 8.96. The largest absolute Gasteiger partial charge is 0.547 e. The van der Waals surface area contributed by atoms with E-state index in [1.54, 1.807) is 5.56 Å². The summed E-state index contributed by atoms with van der Waals surface area (Å²) in [5.41, 5.74) is 7.53. The van der Waals surface area contributed by atoms with E-state index in [1.165, 1.54) is 55.4 Å². The van der Waals surface area contributed by atoms with Crippen LogP contribution in [0.3, 0.4) is 0 Å². The van der Waals surface area contributed by atoms with E-state index in [2.05, 4.69) is 92.0 Å². The van der Waals surface area contributed by atoms with Gasteiger partial charge in [-0.1, -0.05) is 71.9 Å². The standard InChI is InChI=1S/C42H64O4Si2/c1-12-44-39(43)34-17-14-16-33(24-34)35(28-45-48(10,11)41(5,6)7)18-13-15-32-19-20-36(40(2,3)4)37(38(32)46-47(8)9)42-25-29-21-30(26-42)23-31(22-29)27-42/h14,16-20,24,29-31,47H,12-13,15,21-23,25-28H2,1-11H3. The maximum atomic E-state index is 12.7. The molecule has 0 atom stereocenters. The number of ether oxygens (including phenoxy) is 1. The highest BCUT2D eigenvalue weighted by atomic mass is 28.4. The molecule has 0 N–H and O–H groups in total. The number of aryl methyl sites for hydroxylation is 1. The van der Waals surface area contributed by atoms with E-state index in [4.69, 9.17) is 13.6 Å². The molecule has 0 amide bonds. The fourth-order valence-corrected chi connectivity index (χ4v) is 10.6. The number of carbonyl (C=O) groups is 1.